The SMILES string of the molecule is CC1=C2N(c3ccccc3C2(C)c2ccccc2)C(c2c(C)cccc2C)N1c1ccccc1C. The summed E-state index contributed by atoms with van der Waals surface area (Å²) in [5.41, 5.74) is 13.1. The molecule has 2 heteroatoms. The average Bonchev–Trinajstić information content (AvgIpc) is 3.31. The molecule has 0 N–H and O–H groups in total. The topological polar surface area (TPSA) is 6.48 Å². The van der Waals surface area contributed by atoms with Crippen molar-refractivity contribution in [1.29, 1.82) is 0 Å². The van der Waals surface area contributed by atoms with Crippen molar-refractivity contribution in [2.45, 2.75) is 46.2 Å². The Labute approximate surface area is 209 Å². The predicted octanol–water partition coefficient (Wildman–Crippen LogP) is 8.19. The van der Waals surface area contributed by atoms with E-state index in [1.54, 1.807) is 0 Å². The van der Waals surface area contributed by atoms with Crippen LogP contribution in [0.15, 0.2) is 108 Å². The van der Waals surface area contributed by atoms with Crippen LogP contribution in [0.1, 0.15) is 53.4 Å². The summed E-state index contributed by atoms with van der Waals surface area (Å²) >= 11 is 0. The van der Waals surface area contributed by atoms with Crippen LogP contribution in [0.5, 0.6) is 0 Å². The largest absolute Gasteiger partial charge is 0.318 e. The maximum atomic E-state index is 2.62. The summed E-state index contributed by atoms with van der Waals surface area (Å²) in [7, 11) is 0. The number of allylic oxidation sites excluding steroid dienone is 2. The minimum atomic E-state index is -0.242. The first-order valence-corrected chi connectivity index (χ1v) is 12.5. The van der Waals surface area contributed by atoms with Gasteiger partial charge >= 0.3 is 0 Å². The molecule has 0 spiro atoms. The summed E-state index contributed by atoms with van der Waals surface area (Å²) in [6.45, 7) is 11.5. The van der Waals surface area contributed by atoms with Gasteiger partial charge in [0.05, 0.1) is 11.1 Å². The van der Waals surface area contributed by atoms with Crippen molar-refractivity contribution in [3.05, 3.63) is 142 Å². The molecular weight excluding hydrogens is 424 g/mol. The number of aryl methyl sites for hydroxylation is 3. The normalized spacial score (nSPS) is 20.9. The van der Waals surface area contributed by atoms with Gasteiger partial charge in [-0.3, -0.25) is 0 Å². The summed E-state index contributed by atoms with van der Waals surface area (Å²) < 4.78 is 0. The van der Waals surface area contributed by atoms with E-state index in [-0.39, 0.29) is 11.6 Å². The first-order chi connectivity index (χ1) is 16.9. The highest BCUT2D eigenvalue weighted by Gasteiger charge is 2.54. The van der Waals surface area contributed by atoms with Gasteiger partial charge in [0.25, 0.3) is 0 Å². The van der Waals surface area contributed by atoms with Gasteiger partial charge in [0.2, 0.25) is 0 Å². The molecule has 0 saturated carbocycles. The fourth-order valence-corrected chi connectivity index (χ4v) is 6.50. The molecule has 0 saturated heterocycles. The molecular formula is C33H32N2. The van der Waals surface area contributed by atoms with E-state index >= 15 is 0 Å². The standard InChI is InChI=1S/C33H32N2/c1-22-14-9-11-20-28(22)34-25(4)31-33(5,26-17-7-6-8-18-26)27-19-10-12-21-29(27)35(31)32(34)30-23(2)15-13-16-24(30)3/h6-21,32H,1-5H3. The van der Waals surface area contributed by atoms with E-state index in [0.29, 0.717) is 0 Å². The lowest BCUT2D eigenvalue weighted by molar-refractivity contribution is 0.662. The fraction of sp³-hybridized carbons (Fsp3) is 0.212. The third-order valence-electron chi connectivity index (χ3n) is 8.14. The number of nitrogens with zero attached hydrogens (tertiary/aromatic N) is 2. The highest BCUT2D eigenvalue weighted by molar-refractivity contribution is 5.82. The second-order valence-electron chi connectivity index (χ2n) is 10.1. The van der Waals surface area contributed by atoms with Gasteiger partial charge in [-0.1, -0.05) is 84.9 Å². The van der Waals surface area contributed by atoms with E-state index in [2.05, 4.69) is 141 Å². The average molecular weight is 457 g/mol. The van der Waals surface area contributed by atoms with Crippen LogP contribution in [0.25, 0.3) is 0 Å². The van der Waals surface area contributed by atoms with E-state index in [0.717, 1.165) is 0 Å². The van der Waals surface area contributed by atoms with Crippen LogP contribution in [0, 0.1) is 20.8 Å². The van der Waals surface area contributed by atoms with Crippen molar-refractivity contribution in [2.24, 2.45) is 0 Å². The lowest BCUT2D eigenvalue weighted by atomic mass is 9.75. The molecule has 0 bridgehead atoms. The van der Waals surface area contributed by atoms with Gasteiger partial charge in [-0.05, 0) is 74.6 Å². The van der Waals surface area contributed by atoms with Gasteiger partial charge in [0.1, 0.15) is 6.17 Å². The number of rotatable bonds is 3. The van der Waals surface area contributed by atoms with Crippen molar-refractivity contribution in [3.8, 4) is 0 Å². The van der Waals surface area contributed by atoms with Crippen LogP contribution in [0.2, 0.25) is 0 Å². The zero-order valence-corrected chi connectivity index (χ0v) is 21.2. The first kappa shape index (κ1) is 21.7. The van der Waals surface area contributed by atoms with Crippen molar-refractivity contribution in [1.82, 2.24) is 0 Å². The van der Waals surface area contributed by atoms with Gasteiger partial charge in [-0.25, -0.2) is 0 Å². The molecule has 4 aromatic rings. The Hall–Kier alpha value is -3.78. The molecule has 2 aliphatic heterocycles. The van der Waals surface area contributed by atoms with Gasteiger partial charge in [0.15, 0.2) is 0 Å². The Morgan fingerprint density at radius 2 is 1.14 bits per heavy atom. The third-order valence-corrected chi connectivity index (χ3v) is 8.14. The highest BCUT2D eigenvalue weighted by atomic mass is 15.4. The van der Waals surface area contributed by atoms with E-state index in [1.165, 1.54) is 56.1 Å². The molecule has 0 amide bonds. The molecule has 4 aromatic carbocycles. The number of anilines is 2. The van der Waals surface area contributed by atoms with Crippen molar-refractivity contribution >= 4 is 11.4 Å². The number of hydrogen-bond donors (Lipinski definition) is 0. The molecule has 2 unspecified atom stereocenters. The van der Waals surface area contributed by atoms with Crippen molar-refractivity contribution in [2.75, 3.05) is 9.80 Å². The van der Waals surface area contributed by atoms with E-state index in [9.17, 15) is 0 Å². The number of hydrogen-bond acceptors (Lipinski definition) is 2. The van der Waals surface area contributed by atoms with Gasteiger partial charge in [-0.15, -0.1) is 0 Å². The molecule has 35 heavy (non-hydrogen) atoms. The minimum absolute atomic E-state index is 0.0546. The second-order valence-corrected chi connectivity index (χ2v) is 10.1. The zero-order chi connectivity index (χ0) is 24.3. The fourth-order valence-electron chi connectivity index (χ4n) is 6.50. The minimum Gasteiger partial charge on any atom is -0.318 e. The molecule has 2 nitrogen and oxygen atoms in total. The zero-order valence-electron chi connectivity index (χ0n) is 21.2. The van der Waals surface area contributed by atoms with E-state index in [1.807, 2.05) is 0 Å². The van der Waals surface area contributed by atoms with Gasteiger partial charge in [0, 0.05) is 22.6 Å². The lowest BCUT2D eigenvalue weighted by Gasteiger charge is -2.36. The maximum Gasteiger partial charge on any atom is 0.137 e. The summed E-state index contributed by atoms with van der Waals surface area (Å²) in [5.74, 6) is 0. The second kappa shape index (κ2) is 7.88. The quantitative estimate of drug-likeness (QED) is 0.307. The molecule has 2 atom stereocenters. The van der Waals surface area contributed by atoms with Crippen LogP contribution in [-0.2, 0) is 5.41 Å². The summed E-state index contributed by atoms with van der Waals surface area (Å²) in [5, 5.41) is 0. The molecule has 2 aliphatic rings. The molecule has 0 aliphatic carbocycles. The summed E-state index contributed by atoms with van der Waals surface area (Å²) in [4.78, 5) is 5.20. The number of fused-ring (bicyclic) bond motifs is 3. The van der Waals surface area contributed by atoms with Crippen molar-refractivity contribution < 1.29 is 0 Å². The molecule has 174 valence electrons. The van der Waals surface area contributed by atoms with E-state index < -0.39 is 0 Å². The highest BCUT2D eigenvalue weighted by Crippen LogP contribution is 2.60. The van der Waals surface area contributed by atoms with Crippen LogP contribution >= 0.6 is 0 Å². The first-order valence-electron chi connectivity index (χ1n) is 12.5. The lowest BCUT2D eigenvalue weighted by Crippen LogP contribution is -2.34. The Morgan fingerprint density at radius 3 is 1.83 bits per heavy atom. The third kappa shape index (κ3) is 2.96. The Balaban J connectivity index is 1.71. The van der Waals surface area contributed by atoms with Gasteiger partial charge in [-0.2, -0.15) is 0 Å². The molecule has 0 aromatic heterocycles. The summed E-state index contributed by atoms with van der Waals surface area (Å²) in [6, 6.07) is 35.5. The predicted molar refractivity (Wildman–Crippen MR) is 147 cm³/mol. The summed E-state index contributed by atoms with van der Waals surface area (Å²) in [6.07, 6.45) is 0.0546. The monoisotopic (exact) mass is 456 g/mol. The van der Waals surface area contributed by atoms with Gasteiger partial charge < -0.3 is 9.80 Å². The van der Waals surface area contributed by atoms with E-state index in [4.69, 9.17) is 0 Å². The number of para-hydroxylation sites is 2. The Kier molecular flexibility index (Phi) is 4.89. The maximum absolute atomic E-state index is 2.62. The van der Waals surface area contributed by atoms with Crippen LogP contribution in [0.3, 0.4) is 0 Å². The smallest absolute Gasteiger partial charge is 0.137 e. The van der Waals surface area contributed by atoms with Crippen LogP contribution < -0.4 is 9.80 Å². The Bertz CT molecular complexity index is 1450. The van der Waals surface area contributed by atoms with Crippen LogP contribution in [-0.4, -0.2) is 0 Å². The number of benzene rings is 4. The Morgan fingerprint density at radius 1 is 0.571 bits per heavy atom. The molecule has 0 radical (unpaired) electrons. The van der Waals surface area contributed by atoms with Crippen molar-refractivity contribution in [3.63, 3.8) is 0 Å². The van der Waals surface area contributed by atoms with Crippen LogP contribution in [0.4, 0.5) is 11.4 Å². The molecule has 6 rings (SSSR count). The molecule has 0 fully saturated rings. The molecule has 2 heterocycles.